The van der Waals surface area contributed by atoms with Gasteiger partial charge in [0.25, 0.3) is 10.0 Å². The lowest BCUT2D eigenvalue weighted by atomic mass is 10.1. The first-order valence-corrected chi connectivity index (χ1v) is 23.1. The van der Waals surface area contributed by atoms with E-state index in [1.807, 2.05) is 43.3 Å². The summed E-state index contributed by atoms with van der Waals surface area (Å²) >= 11 is 0. The first-order valence-electron chi connectivity index (χ1n) is 21.6. The first kappa shape index (κ1) is 52.1. The number of alkyl carbamates (subject to hydrolysis) is 1. The number of ether oxygens (including phenoxy) is 3. The molecule has 1 fully saturated rings. The molecule has 5 amide bonds. The monoisotopic (exact) mass is 934 g/mol. The van der Waals surface area contributed by atoms with Crippen molar-refractivity contribution in [2.75, 3.05) is 19.7 Å². The summed E-state index contributed by atoms with van der Waals surface area (Å²) < 4.78 is 44.3. The fourth-order valence-corrected chi connectivity index (χ4v) is 7.55. The molecule has 7 N–H and O–H groups in total. The molecule has 4 rings (SSSR count). The highest BCUT2D eigenvalue weighted by Crippen LogP contribution is 2.21. The average molecular weight is 935 g/mol. The molecule has 0 bridgehead atoms. The second kappa shape index (κ2) is 24.7. The van der Waals surface area contributed by atoms with Gasteiger partial charge in [-0.25, -0.2) is 22.7 Å². The van der Waals surface area contributed by atoms with Gasteiger partial charge in [0, 0.05) is 13.1 Å². The number of aryl methyl sites for hydroxylation is 1. The number of nitrogens with zero attached hydrogens (tertiary/aromatic N) is 2. The maximum atomic E-state index is 14.1. The molecule has 19 nitrogen and oxygen atoms in total. The third-order valence-electron chi connectivity index (χ3n) is 10.0. The van der Waals surface area contributed by atoms with Crippen molar-refractivity contribution in [3.05, 3.63) is 102 Å². The Morgan fingerprint density at radius 3 is 2.05 bits per heavy atom. The van der Waals surface area contributed by atoms with Crippen molar-refractivity contribution in [3.63, 3.8) is 0 Å². The molecule has 3 aromatic carbocycles. The highest BCUT2D eigenvalue weighted by atomic mass is 32.2. The van der Waals surface area contributed by atoms with Gasteiger partial charge in [0.15, 0.2) is 0 Å². The minimum absolute atomic E-state index is 0.000948. The van der Waals surface area contributed by atoms with Gasteiger partial charge in [-0.3, -0.25) is 24.2 Å². The lowest BCUT2D eigenvalue weighted by Crippen LogP contribution is -2.58. The number of guanidine groups is 1. The summed E-state index contributed by atoms with van der Waals surface area (Å²) in [4.78, 5) is 86.1. The number of sulfonamides is 1. The topological polar surface area (TPSA) is 266 Å². The molecule has 1 aliphatic heterocycles. The highest BCUT2D eigenvalue weighted by molar-refractivity contribution is 7.90. The summed E-state index contributed by atoms with van der Waals surface area (Å²) in [6, 6.07) is 18.6. The van der Waals surface area contributed by atoms with Crippen molar-refractivity contribution in [1.29, 1.82) is 0 Å². The second-order valence-electron chi connectivity index (χ2n) is 16.8. The number of nitrogens with one attached hydrogen (secondary N) is 5. The smallest absolute Gasteiger partial charge is 0.408 e. The van der Waals surface area contributed by atoms with Crippen LogP contribution >= 0.6 is 0 Å². The van der Waals surface area contributed by atoms with Crippen LogP contribution < -0.4 is 31.7 Å². The van der Waals surface area contributed by atoms with Crippen molar-refractivity contribution in [3.8, 4) is 0 Å². The standard InChI is InChI=1S/C46H62N8O11S/c1-30-21-23-35(24-22-30)66(61,62)53-44(47)48-25-13-19-36(52-45(60)65-46(4,5)6)42(58)54-26-14-20-38(54)41(57)49-31(2)39(55)51-37(29-63-27-33-15-9-7-10-16-33)40(56)50-32(3)43(59)64-28-34-17-11-8-12-18-34/h7-12,15-18,21-24,31-32,36-38H,13-14,19-20,25-29H2,1-6H3,(H,49,57)(H,50,56)(H,51,55)(H,52,60)(H3,47,48,53)/t31-,32-,36-,37+,38+/m1/s1. The number of likely N-dealkylation sites (tertiary alicyclic amines) is 1. The molecule has 0 spiro atoms. The molecule has 0 radical (unpaired) electrons. The Labute approximate surface area is 386 Å². The molecule has 0 saturated carbocycles. The first-order chi connectivity index (χ1) is 31.2. The predicted molar refractivity (Wildman–Crippen MR) is 245 cm³/mol. The van der Waals surface area contributed by atoms with Crippen molar-refractivity contribution in [1.82, 2.24) is 30.9 Å². The van der Waals surface area contributed by atoms with Crippen LogP contribution in [0.15, 0.2) is 94.8 Å². The van der Waals surface area contributed by atoms with Gasteiger partial charge < -0.3 is 46.1 Å². The number of carbonyl (C=O) groups excluding carboxylic acids is 6. The zero-order valence-electron chi connectivity index (χ0n) is 38.2. The van der Waals surface area contributed by atoms with E-state index in [0.29, 0.717) is 6.42 Å². The Morgan fingerprint density at radius 2 is 1.42 bits per heavy atom. The van der Waals surface area contributed by atoms with Gasteiger partial charge in [-0.15, -0.1) is 0 Å². The fraction of sp³-hybridized carbons (Fsp3) is 0.457. The number of hydrogen-bond donors (Lipinski definition) is 6. The normalized spacial score (nSPS) is 15.9. The van der Waals surface area contributed by atoms with Gasteiger partial charge >= 0.3 is 12.1 Å². The molecule has 20 heteroatoms. The molecule has 0 aliphatic carbocycles. The molecule has 1 saturated heterocycles. The van der Waals surface area contributed by atoms with Gasteiger partial charge in [0.1, 0.15) is 42.4 Å². The number of nitrogens with two attached hydrogens (primary N) is 1. The van der Waals surface area contributed by atoms with E-state index in [0.717, 1.165) is 16.7 Å². The van der Waals surface area contributed by atoms with Crippen LogP contribution in [-0.2, 0) is 61.4 Å². The van der Waals surface area contributed by atoms with Crippen LogP contribution in [0.25, 0.3) is 0 Å². The number of esters is 1. The minimum Gasteiger partial charge on any atom is -0.459 e. The van der Waals surface area contributed by atoms with Crippen LogP contribution in [-0.4, -0.2) is 110 Å². The molecule has 0 aromatic heterocycles. The SMILES string of the molecule is Cc1ccc(S(=O)(=O)NC(N)=NCCC[C@@H](NC(=O)OC(C)(C)C)C(=O)N2CCC[C@H]2C(=O)N[C@H](C)C(=O)N[C@@H](COCc2ccccc2)C(=O)N[C@H](C)C(=O)OCc2ccccc2)cc1. The van der Waals surface area contributed by atoms with E-state index in [2.05, 4.69) is 31.0 Å². The summed E-state index contributed by atoms with van der Waals surface area (Å²) in [5.74, 6) is -3.77. The summed E-state index contributed by atoms with van der Waals surface area (Å²) in [7, 11) is -4.00. The number of hydrogen-bond acceptors (Lipinski definition) is 12. The number of aliphatic imine (C=N–C) groups is 1. The summed E-state index contributed by atoms with van der Waals surface area (Å²) in [5.41, 5.74) is 7.45. The van der Waals surface area contributed by atoms with E-state index in [9.17, 15) is 37.2 Å². The number of amides is 5. The second-order valence-corrected chi connectivity index (χ2v) is 18.5. The molecular weight excluding hydrogens is 873 g/mol. The van der Waals surface area contributed by atoms with Crippen LogP contribution in [0.1, 0.15) is 77.0 Å². The maximum Gasteiger partial charge on any atom is 0.408 e. The zero-order chi connectivity index (χ0) is 48.4. The van der Waals surface area contributed by atoms with Crippen LogP contribution in [0.3, 0.4) is 0 Å². The zero-order valence-corrected chi connectivity index (χ0v) is 39.0. The van der Waals surface area contributed by atoms with Gasteiger partial charge in [-0.1, -0.05) is 78.4 Å². The lowest BCUT2D eigenvalue weighted by molar-refractivity contribution is -0.149. The summed E-state index contributed by atoms with van der Waals surface area (Å²) in [6.07, 6.45) is 0.00766. The molecular formula is C46H62N8O11S. The third kappa shape index (κ3) is 17.1. The fourth-order valence-electron chi connectivity index (χ4n) is 6.60. The van der Waals surface area contributed by atoms with Gasteiger partial charge in [-0.2, -0.15) is 0 Å². The molecule has 0 unspecified atom stereocenters. The summed E-state index contributed by atoms with van der Waals surface area (Å²) in [6.45, 7) is 9.65. The molecule has 5 atom stereocenters. The van der Waals surface area contributed by atoms with E-state index >= 15 is 0 Å². The number of carbonyl (C=O) groups is 6. The van der Waals surface area contributed by atoms with E-state index in [1.165, 1.54) is 30.9 Å². The average Bonchev–Trinajstić information content (AvgIpc) is 3.76. The van der Waals surface area contributed by atoms with E-state index in [1.54, 1.807) is 57.2 Å². The Hall–Kier alpha value is -6.54. The third-order valence-corrected chi connectivity index (χ3v) is 11.4. The van der Waals surface area contributed by atoms with Crippen LogP contribution in [0.4, 0.5) is 4.79 Å². The van der Waals surface area contributed by atoms with E-state index in [4.69, 9.17) is 19.9 Å². The number of benzene rings is 3. The largest absolute Gasteiger partial charge is 0.459 e. The summed E-state index contributed by atoms with van der Waals surface area (Å²) in [5, 5.41) is 10.4. The molecule has 3 aromatic rings. The number of rotatable bonds is 21. The molecule has 1 heterocycles. The highest BCUT2D eigenvalue weighted by Gasteiger charge is 2.39. The Balaban J connectivity index is 1.39. The Morgan fingerprint density at radius 1 is 0.803 bits per heavy atom. The maximum absolute atomic E-state index is 14.1. The quantitative estimate of drug-likeness (QED) is 0.0390. The van der Waals surface area contributed by atoms with Gasteiger partial charge in [0.05, 0.1) is 18.1 Å². The van der Waals surface area contributed by atoms with Gasteiger partial charge in [-0.05, 0) is 90.5 Å². The molecule has 66 heavy (non-hydrogen) atoms. The molecule has 358 valence electrons. The van der Waals surface area contributed by atoms with Crippen LogP contribution in [0, 0.1) is 6.92 Å². The van der Waals surface area contributed by atoms with Crippen LogP contribution in [0.5, 0.6) is 0 Å². The van der Waals surface area contributed by atoms with Crippen molar-refractivity contribution < 1.29 is 51.4 Å². The minimum atomic E-state index is -4.00. The van der Waals surface area contributed by atoms with Gasteiger partial charge in [0.2, 0.25) is 29.6 Å². The predicted octanol–water partition coefficient (Wildman–Crippen LogP) is 2.71. The lowest BCUT2D eigenvalue weighted by Gasteiger charge is -2.30. The van der Waals surface area contributed by atoms with E-state index < -0.39 is 81.5 Å². The van der Waals surface area contributed by atoms with Crippen molar-refractivity contribution in [2.24, 2.45) is 10.7 Å². The molecule has 1 aliphatic rings. The van der Waals surface area contributed by atoms with Crippen LogP contribution in [0.2, 0.25) is 0 Å². The van der Waals surface area contributed by atoms with Crippen molar-refractivity contribution in [2.45, 2.75) is 121 Å². The van der Waals surface area contributed by atoms with Crippen molar-refractivity contribution >= 4 is 51.7 Å². The Bertz CT molecular complexity index is 2260. The Kier molecular flexibility index (Phi) is 19.5. The van der Waals surface area contributed by atoms with E-state index in [-0.39, 0.29) is 63.0 Å².